The van der Waals surface area contributed by atoms with E-state index in [0.717, 1.165) is 0 Å². The predicted molar refractivity (Wildman–Crippen MR) is 16.0 cm³/mol. The number of halogens is 1. The van der Waals surface area contributed by atoms with Crippen molar-refractivity contribution in [1.82, 2.24) is 0 Å². The van der Waals surface area contributed by atoms with Gasteiger partial charge in [-0.3, -0.25) is 0 Å². The molecule has 0 fully saturated rings. The van der Waals surface area contributed by atoms with E-state index < -0.39 is 12.3 Å². The van der Waals surface area contributed by atoms with Crippen LogP contribution in [0.25, 0.3) is 0 Å². The summed E-state index contributed by atoms with van der Waals surface area (Å²) in [5.74, 6) is 0. The fourth-order valence-corrected chi connectivity index (χ4v) is 0. The number of carboxylic acid groups (broad SMARTS) is 4. The van der Waals surface area contributed by atoms with Gasteiger partial charge in [0, 0.05) is 0 Å². The monoisotopic (exact) mass is 244 g/mol. The molecule has 0 saturated heterocycles. The summed E-state index contributed by atoms with van der Waals surface area (Å²) in [6, 6.07) is 0. The molecule has 0 rings (SSSR count). The molecule has 9 heteroatoms. The topological polar surface area (TPSA) is 121 Å². The zero-order chi connectivity index (χ0) is 7.15. The number of carbonyl (C=O) groups is 2. The molecule has 0 unspecified atom stereocenters. The Balaban J connectivity index is -0.0000000171. The van der Waals surface area contributed by atoms with E-state index in [9.17, 15) is 0 Å². The second kappa shape index (κ2) is 22.4. The second-order valence-corrected chi connectivity index (χ2v) is 0.533. The Bertz CT molecular complexity index is 78.6. The maximum absolute atomic E-state index is 8.56. The van der Waals surface area contributed by atoms with Gasteiger partial charge in [-0.1, -0.05) is 0 Å². The molecule has 0 radical (unpaired) electrons. The van der Waals surface area contributed by atoms with Crippen LogP contribution in [0.1, 0.15) is 0 Å². The SMILES string of the molecule is O=C(O)O.O=C([O-])[O-].[Cl-].[Na+].[Zn+2]. The van der Waals surface area contributed by atoms with Crippen LogP contribution in [0.4, 0.5) is 9.59 Å². The molecule has 0 saturated carbocycles. The van der Waals surface area contributed by atoms with E-state index in [-0.39, 0.29) is 61.4 Å². The van der Waals surface area contributed by atoms with Crippen LogP contribution in [-0.2, 0) is 19.5 Å². The molecule has 0 aliphatic carbocycles. The third-order valence-corrected chi connectivity index (χ3v) is 0. The first-order valence-electron chi connectivity index (χ1n) is 1.26. The van der Waals surface area contributed by atoms with Crippen molar-refractivity contribution in [3.8, 4) is 0 Å². The number of rotatable bonds is 0. The van der Waals surface area contributed by atoms with Crippen molar-refractivity contribution in [2.75, 3.05) is 0 Å². The van der Waals surface area contributed by atoms with Crippen molar-refractivity contribution in [1.29, 1.82) is 0 Å². The van der Waals surface area contributed by atoms with Crippen molar-refractivity contribution >= 4 is 12.3 Å². The minimum absolute atomic E-state index is 0. The second-order valence-electron chi connectivity index (χ2n) is 0.533. The standard InChI is InChI=1S/2CH2O3.ClH.Na.Zn/c2*2-1(3)4;;;/h2*(H2,2,3,4);1H;;/q;;;+1;+2/p-3. The molecule has 56 valence electrons. The normalized spacial score (nSPS) is 4.36. The number of hydrogen-bond donors (Lipinski definition) is 2. The van der Waals surface area contributed by atoms with Gasteiger partial charge < -0.3 is 37.6 Å². The summed E-state index contributed by atoms with van der Waals surface area (Å²) in [6.07, 6.45) is -4.17. The van der Waals surface area contributed by atoms with Crippen LogP contribution < -0.4 is 52.2 Å². The molecule has 0 heterocycles. The van der Waals surface area contributed by atoms with Crippen LogP contribution in [-0.4, -0.2) is 22.5 Å². The van der Waals surface area contributed by atoms with Crippen LogP contribution in [0.2, 0.25) is 0 Å². The molecule has 11 heavy (non-hydrogen) atoms. The van der Waals surface area contributed by atoms with E-state index >= 15 is 0 Å². The molecule has 0 aromatic heterocycles. The van der Waals surface area contributed by atoms with Crippen LogP contribution in [0.3, 0.4) is 0 Å². The van der Waals surface area contributed by atoms with Crippen molar-refractivity contribution in [2.24, 2.45) is 0 Å². The Kier molecular flexibility index (Phi) is 61.3. The third kappa shape index (κ3) is 3630. The summed E-state index contributed by atoms with van der Waals surface area (Å²) < 4.78 is 0. The molecular formula is C2H2ClNaO6Zn. The molecule has 0 atom stereocenters. The Hall–Kier alpha value is 0.453. The third-order valence-electron chi connectivity index (χ3n) is 0. The molecule has 0 aliphatic heterocycles. The molecular weight excluding hydrogens is 244 g/mol. The van der Waals surface area contributed by atoms with Gasteiger partial charge in [0.1, 0.15) is 0 Å². The van der Waals surface area contributed by atoms with Gasteiger partial charge in [0.2, 0.25) is 0 Å². The van der Waals surface area contributed by atoms with Gasteiger partial charge in [0.05, 0.1) is 0 Å². The average molecular weight is 246 g/mol. The minimum Gasteiger partial charge on any atom is -1.00 e. The van der Waals surface area contributed by atoms with E-state index in [1.807, 2.05) is 0 Å². The summed E-state index contributed by atoms with van der Waals surface area (Å²) in [6.45, 7) is 0. The molecule has 2 N–H and O–H groups in total. The maximum atomic E-state index is 8.56. The van der Waals surface area contributed by atoms with E-state index in [0.29, 0.717) is 0 Å². The minimum atomic E-state index is -2.33. The molecule has 0 aromatic rings. The first kappa shape index (κ1) is 30.1. The summed E-state index contributed by atoms with van der Waals surface area (Å²) in [4.78, 5) is 16.9. The van der Waals surface area contributed by atoms with Crippen molar-refractivity contribution in [3.63, 3.8) is 0 Å². The molecule has 0 bridgehead atoms. The van der Waals surface area contributed by atoms with Crippen LogP contribution in [0, 0.1) is 0 Å². The maximum Gasteiger partial charge on any atom is 2.00 e. The van der Waals surface area contributed by atoms with Gasteiger partial charge in [-0.05, 0) is 6.16 Å². The Morgan fingerprint density at radius 1 is 1.09 bits per heavy atom. The van der Waals surface area contributed by atoms with E-state index in [2.05, 4.69) is 0 Å². The first-order valence-corrected chi connectivity index (χ1v) is 1.26. The fourth-order valence-electron chi connectivity index (χ4n) is 0. The van der Waals surface area contributed by atoms with Crippen molar-refractivity contribution in [3.05, 3.63) is 0 Å². The van der Waals surface area contributed by atoms with Gasteiger partial charge in [-0.25, -0.2) is 4.79 Å². The Morgan fingerprint density at radius 3 is 1.09 bits per heavy atom. The molecule has 0 amide bonds. The van der Waals surface area contributed by atoms with Gasteiger partial charge >= 0.3 is 55.2 Å². The van der Waals surface area contributed by atoms with Crippen LogP contribution in [0.5, 0.6) is 0 Å². The van der Waals surface area contributed by atoms with E-state index in [1.165, 1.54) is 0 Å². The van der Waals surface area contributed by atoms with Gasteiger partial charge in [0.15, 0.2) is 0 Å². The summed E-state index contributed by atoms with van der Waals surface area (Å²) >= 11 is 0. The quantitative estimate of drug-likeness (QED) is 0.409. The number of hydrogen-bond acceptors (Lipinski definition) is 4. The van der Waals surface area contributed by atoms with Crippen molar-refractivity contribution in [2.45, 2.75) is 0 Å². The van der Waals surface area contributed by atoms with Crippen LogP contribution in [0.15, 0.2) is 0 Å². The smallest absolute Gasteiger partial charge is 1.00 e. The zero-order valence-electron chi connectivity index (χ0n) is 5.61. The summed E-state index contributed by atoms with van der Waals surface area (Å²) in [5, 5.41) is 30.6. The molecule has 0 aliphatic rings. The Labute approximate surface area is 103 Å². The van der Waals surface area contributed by atoms with Crippen molar-refractivity contribution < 1.29 is 91.5 Å². The van der Waals surface area contributed by atoms with E-state index in [4.69, 9.17) is 30.0 Å². The average Bonchev–Trinajstić information content (AvgIpc) is 1.25. The first-order chi connectivity index (χ1) is 3.46. The number of carbonyl (C=O) groups excluding carboxylic acids is 1. The summed E-state index contributed by atoms with van der Waals surface area (Å²) in [7, 11) is 0. The van der Waals surface area contributed by atoms with Crippen LogP contribution >= 0.6 is 0 Å². The predicted octanol–water partition coefficient (Wildman–Crippen LogP) is -8.22. The Morgan fingerprint density at radius 2 is 1.09 bits per heavy atom. The largest absolute Gasteiger partial charge is 2.00 e. The summed E-state index contributed by atoms with van der Waals surface area (Å²) in [5.41, 5.74) is 0. The van der Waals surface area contributed by atoms with E-state index in [1.54, 1.807) is 0 Å². The zero-order valence-corrected chi connectivity index (χ0v) is 11.3. The fraction of sp³-hybridized carbons (Fsp3) is 0. The van der Waals surface area contributed by atoms with Gasteiger partial charge in [0.25, 0.3) is 0 Å². The van der Waals surface area contributed by atoms with Gasteiger partial charge in [-0.2, -0.15) is 0 Å². The van der Waals surface area contributed by atoms with Gasteiger partial charge in [-0.15, -0.1) is 0 Å². The molecule has 0 spiro atoms. The molecule has 0 aromatic carbocycles. The molecule has 6 nitrogen and oxygen atoms in total.